The number of nitrogens with one attached hydrogen (secondary N) is 1. The fourth-order valence-electron chi connectivity index (χ4n) is 4.58. The Kier molecular flexibility index (Phi) is 9.63. The zero-order valence-electron chi connectivity index (χ0n) is 23.3. The van der Waals surface area contributed by atoms with E-state index in [0.717, 1.165) is 29.1 Å². The molecule has 0 aliphatic carbocycles. The van der Waals surface area contributed by atoms with Gasteiger partial charge in [0.15, 0.2) is 0 Å². The van der Waals surface area contributed by atoms with E-state index in [2.05, 4.69) is 5.32 Å². The summed E-state index contributed by atoms with van der Waals surface area (Å²) >= 11 is 6.32. The maximum Gasteiger partial charge on any atom is 0.268 e. The van der Waals surface area contributed by atoms with Gasteiger partial charge in [-0.05, 0) is 79.8 Å². The van der Waals surface area contributed by atoms with Crippen molar-refractivity contribution in [2.24, 2.45) is 0 Å². The molecular weight excluding hydrogens is 586 g/mol. The Balaban J connectivity index is 1.54. The monoisotopic (exact) mass is 619 g/mol. The van der Waals surface area contributed by atoms with E-state index >= 15 is 0 Å². The van der Waals surface area contributed by atoms with Crippen LogP contribution in [0.15, 0.2) is 70.5 Å². The summed E-state index contributed by atoms with van der Waals surface area (Å²) in [5, 5.41) is 3.10. The number of aryl methyl sites for hydroxylation is 2. The highest BCUT2D eigenvalue weighted by Crippen LogP contribution is 2.32. The van der Waals surface area contributed by atoms with Crippen molar-refractivity contribution in [1.29, 1.82) is 0 Å². The summed E-state index contributed by atoms with van der Waals surface area (Å²) in [6.07, 6.45) is 2.72. The van der Waals surface area contributed by atoms with Crippen LogP contribution in [0.1, 0.15) is 36.0 Å². The van der Waals surface area contributed by atoms with Crippen LogP contribution in [0, 0.1) is 13.8 Å². The SMILES string of the molecule is COc1ccc(C)cc1S(=O)(=O)N(CC(=O)NCc1ccc(S(=O)(=O)N2CCCCC2)cc1)c1ccc(C)c(Cl)c1. The number of ether oxygens (including phenoxy) is 1. The molecule has 1 heterocycles. The standard InChI is InChI=1S/C29H34ClN3O6S2/c1-21-7-14-27(39-3)28(17-21)41(37,38)33(24-11-8-22(2)26(30)18-24)20-29(34)31-19-23-9-12-25(13-10-23)40(35,36)32-15-5-4-6-16-32/h7-14,17-18H,4-6,15-16,19-20H2,1-3H3,(H,31,34). The Bertz CT molecular complexity index is 1620. The van der Waals surface area contributed by atoms with E-state index in [1.165, 1.54) is 35.7 Å². The van der Waals surface area contributed by atoms with Crippen molar-refractivity contribution in [1.82, 2.24) is 9.62 Å². The number of carbonyl (C=O) groups is 1. The van der Waals surface area contributed by atoms with Crippen LogP contribution in [0.4, 0.5) is 5.69 Å². The summed E-state index contributed by atoms with van der Waals surface area (Å²) in [6, 6.07) is 15.9. The number of halogens is 1. The third-order valence-corrected chi connectivity index (χ3v) is 11.1. The first-order chi connectivity index (χ1) is 19.4. The number of rotatable bonds is 10. The Morgan fingerprint density at radius 2 is 1.63 bits per heavy atom. The van der Waals surface area contributed by atoms with Crippen LogP contribution >= 0.6 is 11.6 Å². The molecule has 3 aromatic rings. The van der Waals surface area contributed by atoms with E-state index in [1.54, 1.807) is 50.2 Å². The van der Waals surface area contributed by atoms with Crippen molar-refractivity contribution in [3.63, 3.8) is 0 Å². The van der Waals surface area contributed by atoms with Gasteiger partial charge in [-0.2, -0.15) is 4.31 Å². The molecule has 4 rings (SSSR count). The molecule has 12 heteroatoms. The lowest BCUT2D eigenvalue weighted by Crippen LogP contribution is -2.40. The van der Waals surface area contributed by atoms with Crippen molar-refractivity contribution in [3.05, 3.63) is 82.4 Å². The molecule has 3 aromatic carbocycles. The van der Waals surface area contributed by atoms with Gasteiger partial charge in [-0.1, -0.05) is 42.3 Å². The maximum absolute atomic E-state index is 13.9. The van der Waals surface area contributed by atoms with Gasteiger partial charge in [0, 0.05) is 24.7 Å². The van der Waals surface area contributed by atoms with Crippen LogP contribution in [-0.4, -0.2) is 53.8 Å². The minimum atomic E-state index is -4.24. The molecule has 1 aliphatic heterocycles. The van der Waals surface area contributed by atoms with Gasteiger partial charge < -0.3 is 10.1 Å². The number of carbonyl (C=O) groups excluding carboxylic acids is 1. The van der Waals surface area contributed by atoms with Crippen LogP contribution in [0.2, 0.25) is 5.02 Å². The Labute approximate surface area is 247 Å². The molecule has 1 amide bonds. The van der Waals surface area contributed by atoms with Crippen LogP contribution < -0.4 is 14.4 Å². The second-order valence-corrected chi connectivity index (χ2v) is 14.2. The summed E-state index contributed by atoms with van der Waals surface area (Å²) in [5.74, 6) is -0.402. The molecule has 1 saturated heterocycles. The number of hydrogen-bond donors (Lipinski definition) is 1. The minimum absolute atomic E-state index is 0.0741. The number of amides is 1. The second-order valence-electron chi connectivity index (χ2n) is 9.98. The van der Waals surface area contributed by atoms with Crippen molar-refractivity contribution in [2.75, 3.05) is 31.0 Å². The molecule has 1 N–H and O–H groups in total. The molecule has 0 saturated carbocycles. The van der Waals surface area contributed by atoms with E-state index in [9.17, 15) is 21.6 Å². The molecule has 0 bridgehead atoms. The van der Waals surface area contributed by atoms with E-state index in [4.69, 9.17) is 16.3 Å². The Morgan fingerprint density at radius 1 is 0.951 bits per heavy atom. The first-order valence-electron chi connectivity index (χ1n) is 13.2. The van der Waals surface area contributed by atoms with Crippen LogP contribution in [0.3, 0.4) is 0 Å². The van der Waals surface area contributed by atoms with Crippen molar-refractivity contribution < 1.29 is 26.4 Å². The van der Waals surface area contributed by atoms with E-state index in [0.29, 0.717) is 29.2 Å². The Morgan fingerprint density at radius 3 is 2.27 bits per heavy atom. The molecule has 220 valence electrons. The third-order valence-electron chi connectivity index (χ3n) is 6.98. The average Bonchev–Trinajstić information content (AvgIpc) is 2.97. The quantitative estimate of drug-likeness (QED) is 0.353. The van der Waals surface area contributed by atoms with Gasteiger partial charge in [0.2, 0.25) is 15.9 Å². The van der Waals surface area contributed by atoms with Gasteiger partial charge in [0.1, 0.15) is 17.2 Å². The topological polar surface area (TPSA) is 113 Å². The number of sulfonamides is 2. The van der Waals surface area contributed by atoms with Gasteiger partial charge >= 0.3 is 0 Å². The van der Waals surface area contributed by atoms with E-state index < -0.39 is 32.5 Å². The average molecular weight is 620 g/mol. The number of anilines is 1. The fourth-order valence-corrected chi connectivity index (χ4v) is 7.92. The zero-order chi connectivity index (χ0) is 29.8. The Hall–Kier alpha value is -3.12. The molecule has 0 unspecified atom stereocenters. The summed E-state index contributed by atoms with van der Waals surface area (Å²) < 4.78 is 61.4. The van der Waals surface area contributed by atoms with E-state index in [1.807, 2.05) is 0 Å². The normalized spacial score (nSPS) is 14.4. The van der Waals surface area contributed by atoms with Crippen LogP contribution in [-0.2, 0) is 31.4 Å². The second kappa shape index (κ2) is 12.8. The summed E-state index contributed by atoms with van der Waals surface area (Å²) in [6.45, 7) is 4.16. The fraction of sp³-hybridized carbons (Fsp3) is 0.345. The molecule has 41 heavy (non-hydrogen) atoms. The summed E-state index contributed by atoms with van der Waals surface area (Å²) in [4.78, 5) is 13.2. The number of piperidine rings is 1. The zero-order valence-corrected chi connectivity index (χ0v) is 25.7. The molecule has 0 spiro atoms. The number of nitrogens with zero attached hydrogens (tertiary/aromatic N) is 2. The van der Waals surface area contributed by atoms with Gasteiger partial charge in [-0.15, -0.1) is 0 Å². The third kappa shape index (κ3) is 7.03. The van der Waals surface area contributed by atoms with Crippen LogP contribution in [0.25, 0.3) is 0 Å². The van der Waals surface area contributed by atoms with Gasteiger partial charge in [-0.3, -0.25) is 9.10 Å². The number of hydrogen-bond acceptors (Lipinski definition) is 6. The summed E-state index contributed by atoms with van der Waals surface area (Å²) in [5.41, 5.74) is 2.37. The molecule has 9 nitrogen and oxygen atoms in total. The first-order valence-corrected chi connectivity index (χ1v) is 16.5. The summed E-state index contributed by atoms with van der Waals surface area (Å²) in [7, 11) is -6.42. The predicted octanol–water partition coefficient (Wildman–Crippen LogP) is 4.65. The van der Waals surface area contributed by atoms with Crippen LogP contribution in [0.5, 0.6) is 5.75 Å². The highest BCUT2D eigenvalue weighted by Gasteiger charge is 2.31. The lowest BCUT2D eigenvalue weighted by molar-refractivity contribution is -0.119. The minimum Gasteiger partial charge on any atom is -0.495 e. The molecular formula is C29H34ClN3O6S2. The van der Waals surface area contributed by atoms with Gasteiger partial charge in [-0.25, -0.2) is 16.8 Å². The largest absolute Gasteiger partial charge is 0.495 e. The number of benzene rings is 3. The lowest BCUT2D eigenvalue weighted by atomic mass is 10.2. The molecule has 0 radical (unpaired) electrons. The first kappa shape index (κ1) is 30.8. The van der Waals surface area contributed by atoms with Gasteiger partial charge in [0.05, 0.1) is 17.7 Å². The van der Waals surface area contributed by atoms with Crippen molar-refractivity contribution in [2.45, 2.75) is 49.4 Å². The van der Waals surface area contributed by atoms with E-state index in [-0.39, 0.29) is 27.8 Å². The maximum atomic E-state index is 13.9. The lowest BCUT2D eigenvalue weighted by Gasteiger charge is -2.26. The highest BCUT2D eigenvalue weighted by molar-refractivity contribution is 7.93. The van der Waals surface area contributed by atoms with Gasteiger partial charge in [0.25, 0.3) is 10.0 Å². The smallest absolute Gasteiger partial charge is 0.268 e. The highest BCUT2D eigenvalue weighted by atomic mass is 35.5. The molecule has 1 aliphatic rings. The van der Waals surface area contributed by atoms with Crippen molar-refractivity contribution >= 4 is 43.2 Å². The molecule has 1 fully saturated rings. The predicted molar refractivity (Wildman–Crippen MR) is 159 cm³/mol. The molecule has 0 aromatic heterocycles. The van der Waals surface area contributed by atoms with Crippen molar-refractivity contribution in [3.8, 4) is 5.75 Å². The molecule has 0 atom stereocenters. The number of methoxy groups -OCH3 is 1.